The highest BCUT2D eigenvalue weighted by molar-refractivity contribution is 7.12. The quantitative estimate of drug-likeness (QED) is 0.797. The van der Waals surface area contributed by atoms with Crippen LogP contribution in [0, 0.1) is 0 Å². The molecule has 0 saturated carbocycles. The van der Waals surface area contributed by atoms with E-state index >= 15 is 0 Å². The summed E-state index contributed by atoms with van der Waals surface area (Å²) in [6.07, 6.45) is 1.10. The van der Waals surface area contributed by atoms with Gasteiger partial charge >= 0.3 is 0 Å². The number of fused-ring (bicyclic) bond motifs is 1. The van der Waals surface area contributed by atoms with Crippen molar-refractivity contribution in [2.24, 2.45) is 7.05 Å². The SMILES string of the molecule is CCc1ccc(C(O)Cc2nn(C)c3ccccc23)s1. The molecule has 0 saturated heterocycles. The fourth-order valence-electron chi connectivity index (χ4n) is 2.49. The first kappa shape index (κ1) is 13.3. The van der Waals surface area contributed by atoms with Gasteiger partial charge < -0.3 is 5.11 Å². The molecule has 0 bridgehead atoms. The van der Waals surface area contributed by atoms with Gasteiger partial charge in [0.2, 0.25) is 0 Å². The van der Waals surface area contributed by atoms with E-state index in [1.807, 2.05) is 29.9 Å². The average Bonchev–Trinajstić information content (AvgIpc) is 3.05. The molecule has 0 radical (unpaired) electrons. The Bertz CT molecular complexity index is 729. The Labute approximate surface area is 122 Å². The van der Waals surface area contributed by atoms with Gasteiger partial charge in [-0.05, 0) is 24.6 Å². The number of benzene rings is 1. The van der Waals surface area contributed by atoms with E-state index in [4.69, 9.17) is 0 Å². The summed E-state index contributed by atoms with van der Waals surface area (Å²) >= 11 is 1.69. The first-order valence-electron chi connectivity index (χ1n) is 6.86. The molecule has 1 aromatic carbocycles. The lowest BCUT2D eigenvalue weighted by Gasteiger charge is -2.06. The van der Waals surface area contributed by atoms with Crippen LogP contribution in [0.1, 0.15) is 28.5 Å². The van der Waals surface area contributed by atoms with Crippen molar-refractivity contribution in [3.8, 4) is 0 Å². The number of aryl methyl sites for hydroxylation is 2. The average molecular weight is 286 g/mol. The van der Waals surface area contributed by atoms with E-state index in [0.717, 1.165) is 27.9 Å². The zero-order chi connectivity index (χ0) is 14.1. The summed E-state index contributed by atoms with van der Waals surface area (Å²) in [4.78, 5) is 2.33. The fourth-order valence-corrected chi connectivity index (χ4v) is 3.43. The summed E-state index contributed by atoms with van der Waals surface area (Å²) in [5.74, 6) is 0. The molecule has 0 aliphatic carbocycles. The Balaban J connectivity index is 1.89. The third-order valence-electron chi connectivity index (χ3n) is 3.58. The number of para-hydroxylation sites is 1. The van der Waals surface area contributed by atoms with Crippen LogP contribution in [0.15, 0.2) is 36.4 Å². The van der Waals surface area contributed by atoms with Crippen LogP contribution >= 0.6 is 11.3 Å². The van der Waals surface area contributed by atoms with Gasteiger partial charge in [-0.1, -0.05) is 25.1 Å². The van der Waals surface area contributed by atoms with Gasteiger partial charge in [0.15, 0.2) is 0 Å². The number of rotatable bonds is 4. The minimum atomic E-state index is -0.474. The minimum Gasteiger partial charge on any atom is -0.387 e. The van der Waals surface area contributed by atoms with E-state index in [9.17, 15) is 5.11 Å². The van der Waals surface area contributed by atoms with E-state index in [1.54, 1.807) is 11.3 Å². The molecule has 104 valence electrons. The Morgan fingerprint density at radius 1 is 1.25 bits per heavy atom. The standard InChI is InChI=1S/C16H18N2OS/c1-3-11-8-9-16(20-11)15(19)10-13-12-6-4-5-7-14(12)18(2)17-13/h4-9,15,19H,3,10H2,1-2H3. The van der Waals surface area contributed by atoms with Crippen LogP contribution in [-0.4, -0.2) is 14.9 Å². The molecule has 1 N–H and O–H groups in total. The fraction of sp³-hybridized carbons (Fsp3) is 0.312. The second-order valence-corrected chi connectivity index (χ2v) is 6.16. The zero-order valence-electron chi connectivity index (χ0n) is 11.7. The smallest absolute Gasteiger partial charge is 0.0938 e. The van der Waals surface area contributed by atoms with Crippen molar-refractivity contribution in [3.05, 3.63) is 51.8 Å². The molecule has 2 aromatic heterocycles. The molecular formula is C16H18N2OS. The first-order valence-corrected chi connectivity index (χ1v) is 7.68. The Hall–Kier alpha value is -1.65. The van der Waals surface area contributed by atoms with Crippen LogP contribution in [0.3, 0.4) is 0 Å². The van der Waals surface area contributed by atoms with Crippen molar-refractivity contribution in [1.29, 1.82) is 0 Å². The normalized spacial score (nSPS) is 12.9. The second-order valence-electron chi connectivity index (χ2n) is 4.97. The maximum absolute atomic E-state index is 10.4. The maximum Gasteiger partial charge on any atom is 0.0938 e. The highest BCUT2D eigenvalue weighted by Gasteiger charge is 2.15. The monoisotopic (exact) mass is 286 g/mol. The highest BCUT2D eigenvalue weighted by Crippen LogP contribution is 2.28. The Kier molecular flexibility index (Phi) is 3.59. The predicted molar refractivity (Wildman–Crippen MR) is 83.1 cm³/mol. The van der Waals surface area contributed by atoms with Crippen molar-refractivity contribution in [2.75, 3.05) is 0 Å². The molecule has 1 unspecified atom stereocenters. The van der Waals surface area contributed by atoms with Gasteiger partial charge in [0.25, 0.3) is 0 Å². The molecule has 1 atom stereocenters. The van der Waals surface area contributed by atoms with E-state index in [0.29, 0.717) is 6.42 Å². The topological polar surface area (TPSA) is 38.1 Å². The summed E-state index contributed by atoms with van der Waals surface area (Å²) in [5, 5.41) is 16.1. The lowest BCUT2D eigenvalue weighted by atomic mass is 10.1. The third kappa shape index (κ3) is 2.37. The number of aliphatic hydroxyl groups is 1. The third-order valence-corrected chi connectivity index (χ3v) is 4.91. The van der Waals surface area contributed by atoms with E-state index in [-0.39, 0.29) is 0 Å². The molecule has 0 fully saturated rings. The predicted octanol–water partition coefficient (Wildman–Crippen LogP) is 3.47. The molecule has 2 heterocycles. The van der Waals surface area contributed by atoms with Crippen molar-refractivity contribution in [3.63, 3.8) is 0 Å². The summed E-state index contributed by atoms with van der Waals surface area (Å²) in [6.45, 7) is 2.13. The van der Waals surface area contributed by atoms with Crippen molar-refractivity contribution < 1.29 is 5.11 Å². The zero-order valence-corrected chi connectivity index (χ0v) is 12.5. The first-order chi connectivity index (χ1) is 9.69. The lowest BCUT2D eigenvalue weighted by molar-refractivity contribution is 0.181. The summed E-state index contributed by atoms with van der Waals surface area (Å²) in [7, 11) is 1.94. The molecule has 0 aliphatic heterocycles. The number of aromatic nitrogens is 2. The number of thiophene rings is 1. The van der Waals surface area contributed by atoms with E-state index in [1.165, 1.54) is 4.88 Å². The molecular weight excluding hydrogens is 268 g/mol. The Morgan fingerprint density at radius 3 is 2.80 bits per heavy atom. The summed E-state index contributed by atoms with van der Waals surface area (Å²) in [6, 6.07) is 12.3. The molecule has 4 heteroatoms. The van der Waals surface area contributed by atoms with Gasteiger partial charge in [0.05, 0.1) is 17.3 Å². The number of hydrogen-bond donors (Lipinski definition) is 1. The molecule has 0 aliphatic rings. The van der Waals surface area contributed by atoms with Crippen LogP contribution in [0.5, 0.6) is 0 Å². The lowest BCUT2D eigenvalue weighted by Crippen LogP contribution is -2.01. The molecule has 20 heavy (non-hydrogen) atoms. The molecule has 3 aromatic rings. The van der Waals surface area contributed by atoms with Crippen LogP contribution in [0.2, 0.25) is 0 Å². The van der Waals surface area contributed by atoms with Gasteiger partial charge in [-0.3, -0.25) is 4.68 Å². The van der Waals surface area contributed by atoms with Gasteiger partial charge in [-0.2, -0.15) is 5.10 Å². The van der Waals surface area contributed by atoms with Crippen LogP contribution < -0.4 is 0 Å². The van der Waals surface area contributed by atoms with Gasteiger partial charge in [0, 0.05) is 28.6 Å². The van der Waals surface area contributed by atoms with Crippen LogP contribution in [0.4, 0.5) is 0 Å². The van der Waals surface area contributed by atoms with E-state index in [2.05, 4.69) is 30.2 Å². The molecule has 0 spiro atoms. The van der Waals surface area contributed by atoms with Crippen molar-refractivity contribution in [1.82, 2.24) is 9.78 Å². The van der Waals surface area contributed by atoms with Gasteiger partial charge in [-0.15, -0.1) is 11.3 Å². The van der Waals surface area contributed by atoms with Crippen LogP contribution in [-0.2, 0) is 19.9 Å². The minimum absolute atomic E-state index is 0.474. The molecule has 3 rings (SSSR count). The summed E-state index contributed by atoms with van der Waals surface area (Å²) < 4.78 is 1.88. The largest absolute Gasteiger partial charge is 0.387 e. The maximum atomic E-state index is 10.4. The highest BCUT2D eigenvalue weighted by atomic mass is 32.1. The second kappa shape index (κ2) is 5.38. The van der Waals surface area contributed by atoms with E-state index < -0.39 is 6.10 Å². The number of nitrogens with zero attached hydrogens (tertiary/aromatic N) is 2. The van der Waals surface area contributed by atoms with Gasteiger partial charge in [0.1, 0.15) is 0 Å². The molecule has 0 amide bonds. The van der Waals surface area contributed by atoms with Crippen LogP contribution in [0.25, 0.3) is 10.9 Å². The molecule has 3 nitrogen and oxygen atoms in total. The summed E-state index contributed by atoms with van der Waals surface area (Å²) in [5.41, 5.74) is 2.07. The number of hydrogen-bond acceptors (Lipinski definition) is 3. The van der Waals surface area contributed by atoms with Crippen molar-refractivity contribution >= 4 is 22.2 Å². The van der Waals surface area contributed by atoms with Crippen molar-refractivity contribution in [2.45, 2.75) is 25.9 Å². The number of aliphatic hydroxyl groups excluding tert-OH is 1. The van der Waals surface area contributed by atoms with Gasteiger partial charge in [-0.25, -0.2) is 0 Å². The Morgan fingerprint density at radius 2 is 2.05 bits per heavy atom.